The Morgan fingerprint density at radius 2 is 2.00 bits per heavy atom. The van der Waals surface area contributed by atoms with Crippen LogP contribution in [0.2, 0.25) is 0 Å². The van der Waals surface area contributed by atoms with Crippen LogP contribution in [0.15, 0.2) is 30.3 Å². The molecule has 84 valence electrons. The molecule has 1 aromatic rings. The number of rotatable bonds is 3. The second-order valence-electron chi connectivity index (χ2n) is 3.72. The molecule has 0 aromatic heterocycles. The molecule has 1 aromatic carbocycles. The Morgan fingerprint density at radius 3 is 2.69 bits per heavy atom. The van der Waals surface area contributed by atoms with Gasteiger partial charge in [0.1, 0.15) is 0 Å². The fourth-order valence-electron chi connectivity index (χ4n) is 1.57. The second-order valence-corrected chi connectivity index (χ2v) is 4.91. The Kier molecular flexibility index (Phi) is 3.62. The summed E-state index contributed by atoms with van der Waals surface area (Å²) in [5, 5.41) is 2.79. The number of benzene rings is 1. The van der Waals surface area contributed by atoms with Crippen molar-refractivity contribution in [1.82, 2.24) is 5.32 Å². The molecule has 1 unspecified atom stereocenters. The summed E-state index contributed by atoms with van der Waals surface area (Å²) in [5.74, 6) is 0.133. The van der Waals surface area contributed by atoms with Crippen LogP contribution in [0.1, 0.15) is 18.4 Å². The summed E-state index contributed by atoms with van der Waals surface area (Å²) in [7, 11) is 0. The van der Waals surface area contributed by atoms with Crippen LogP contribution < -0.4 is 5.32 Å². The van der Waals surface area contributed by atoms with Crippen molar-refractivity contribution in [3.8, 4) is 0 Å². The maximum Gasteiger partial charge on any atom is 0.288 e. The van der Waals surface area contributed by atoms with Gasteiger partial charge in [-0.25, -0.2) is 0 Å². The molecule has 0 radical (unpaired) electrons. The lowest BCUT2D eigenvalue weighted by Crippen LogP contribution is -2.42. The number of hydrogen-bond donors (Lipinski definition) is 1. The van der Waals surface area contributed by atoms with Gasteiger partial charge in [-0.05, 0) is 12.0 Å². The predicted molar refractivity (Wildman–Crippen MR) is 63.9 cm³/mol. The smallest absolute Gasteiger partial charge is 0.288 e. The number of thioether (sulfide) groups is 1. The summed E-state index contributed by atoms with van der Waals surface area (Å²) in [5.41, 5.74) is 1.23. The molecule has 0 aliphatic carbocycles. The van der Waals surface area contributed by atoms with Crippen molar-refractivity contribution >= 4 is 23.5 Å². The van der Waals surface area contributed by atoms with Crippen molar-refractivity contribution in [1.29, 1.82) is 0 Å². The fraction of sp³-hybridized carbons (Fsp3) is 0.333. The van der Waals surface area contributed by atoms with E-state index >= 15 is 0 Å². The highest BCUT2D eigenvalue weighted by atomic mass is 32.2. The third-order valence-corrected chi connectivity index (χ3v) is 3.73. The van der Waals surface area contributed by atoms with E-state index < -0.39 is 5.91 Å². The minimum atomic E-state index is -0.434. The average molecular weight is 235 g/mol. The van der Waals surface area contributed by atoms with Gasteiger partial charge in [0.15, 0.2) is 0 Å². The van der Waals surface area contributed by atoms with Crippen molar-refractivity contribution in [3.63, 3.8) is 0 Å². The van der Waals surface area contributed by atoms with E-state index in [1.807, 2.05) is 18.2 Å². The highest BCUT2D eigenvalue weighted by Crippen LogP contribution is 2.21. The summed E-state index contributed by atoms with van der Waals surface area (Å²) in [6.07, 6.45) is 1.11. The van der Waals surface area contributed by atoms with Gasteiger partial charge in [-0.2, -0.15) is 0 Å². The molecule has 1 atom stereocenters. The normalized spacial score (nSPS) is 20.6. The SMILES string of the molecule is O=C1CCC(SCc2ccccc2)NC1=O. The van der Waals surface area contributed by atoms with Crippen molar-refractivity contribution in [2.75, 3.05) is 0 Å². The molecule has 1 aliphatic heterocycles. The van der Waals surface area contributed by atoms with Gasteiger partial charge in [0.25, 0.3) is 5.91 Å². The standard InChI is InChI=1S/C12H13NO2S/c14-10-6-7-11(13-12(10)15)16-8-9-4-2-1-3-5-9/h1-5,11H,6-8H2,(H,13,15). The Labute approximate surface area is 98.6 Å². The maximum absolute atomic E-state index is 11.1. The van der Waals surface area contributed by atoms with Gasteiger partial charge in [0.05, 0.1) is 5.37 Å². The molecule has 1 saturated heterocycles. The zero-order valence-corrected chi connectivity index (χ0v) is 9.63. The van der Waals surface area contributed by atoms with Crippen LogP contribution in [0, 0.1) is 0 Å². The number of carbonyl (C=O) groups is 2. The molecule has 1 N–H and O–H groups in total. The van der Waals surface area contributed by atoms with Gasteiger partial charge in [0.2, 0.25) is 5.78 Å². The van der Waals surface area contributed by atoms with Crippen LogP contribution in [-0.2, 0) is 15.3 Å². The van der Waals surface area contributed by atoms with E-state index in [0.29, 0.717) is 6.42 Å². The summed E-state index contributed by atoms with van der Waals surface area (Å²) >= 11 is 1.67. The van der Waals surface area contributed by atoms with Crippen molar-refractivity contribution in [2.45, 2.75) is 24.0 Å². The molecule has 2 rings (SSSR count). The third-order valence-electron chi connectivity index (χ3n) is 2.47. The van der Waals surface area contributed by atoms with Gasteiger partial charge < -0.3 is 5.32 Å². The van der Waals surface area contributed by atoms with Gasteiger partial charge in [0, 0.05) is 12.2 Å². The van der Waals surface area contributed by atoms with E-state index in [4.69, 9.17) is 0 Å². The van der Waals surface area contributed by atoms with E-state index in [9.17, 15) is 9.59 Å². The third kappa shape index (κ3) is 2.85. The zero-order chi connectivity index (χ0) is 11.4. The summed E-state index contributed by atoms with van der Waals surface area (Å²) in [4.78, 5) is 22.1. The van der Waals surface area contributed by atoms with Gasteiger partial charge in [-0.1, -0.05) is 30.3 Å². The summed E-state index contributed by atoms with van der Waals surface area (Å²) in [6, 6.07) is 10.1. The first kappa shape index (κ1) is 11.2. The molecule has 1 amide bonds. The number of carbonyl (C=O) groups excluding carboxylic acids is 2. The van der Waals surface area contributed by atoms with Crippen LogP contribution in [0.4, 0.5) is 0 Å². The molecule has 0 saturated carbocycles. The van der Waals surface area contributed by atoms with E-state index in [0.717, 1.165) is 12.2 Å². The van der Waals surface area contributed by atoms with Gasteiger partial charge in [-0.3, -0.25) is 9.59 Å². The largest absolute Gasteiger partial charge is 0.338 e. The summed E-state index contributed by atoms with van der Waals surface area (Å²) < 4.78 is 0. The van der Waals surface area contributed by atoms with Gasteiger partial charge in [-0.15, -0.1) is 11.8 Å². The quantitative estimate of drug-likeness (QED) is 0.811. The molecule has 4 heteroatoms. The first-order valence-electron chi connectivity index (χ1n) is 5.25. The minimum absolute atomic E-state index is 0.0745. The first-order chi connectivity index (χ1) is 7.75. The Hall–Kier alpha value is -1.29. The number of hydrogen-bond acceptors (Lipinski definition) is 3. The number of amides is 1. The first-order valence-corrected chi connectivity index (χ1v) is 6.30. The predicted octanol–water partition coefficient (Wildman–Crippen LogP) is 1.72. The minimum Gasteiger partial charge on any atom is -0.338 e. The topological polar surface area (TPSA) is 46.2 Å². The van der Waals surface area contributed by atoms with E-state index in [1.54, 1.807) is 11.8 Å². The van der Waals surface area contributed by atoms with Crippen LogP contribution in [0.25, 0.3) is 0 Å². The molecule has 1 aliphatic rings. The maximum atomic E-state index is 11.1. The lowest BCUT2D eigenvalue weighted by Gasteiger charge is -2.21. The molecule has 1 fully saturated rings. The fourth-order valence-corrected chi connectivity index (χ4v) is 2.63. The van der Waals surface area contributed by atoms with E-state index in [2.05, 4.69) is 17.4 Å². The Balaban J connectivity index is 1.83. The zero-order valence-electron chi connectivity index (χ0n) is 8.81. The van der Waals surface area contributed by atoms with Crippen LogP contribution >= 0.6 is 11.8 Å². The number of nitrogens with one attached hydrogen (secondary N) is 1. The van der Waals surface area contributed by atoms with Crippen LogP contribution in [-0.4, -0.2) is 17.1 Å². The Bertz CT molecular complexity index is 391. The average Bonchev–Trinajstić information content (AvgIpc) is 2.32. The molecule has 16 heavy (non-hydrogen) atoms. The molecular weight excluding hydrogens is 222 g/mol. The summed E-state index contributed by atoms with van der Waals surface area (Å²) in [6.45, 7) is 0. The Morgan fingerprint density at radius 1 is 1.25 bits per heavy atom. The van der Waals surface area contributed by atoms with Crippen molar-refractivity contribution < 1.29 is 9.59 Å². The highest BCUT2D eigenvalue weighted by molar-refractivity contribution is 7.99. The number of ketones is 1. The van der Waals surface area contributed by atoms with Gasteiger partial charge >= 0.3 is 0 Å². The van der Waals surface area contributed by atoms with E-state index in [-0.39, 0.29) is 11.2 Å². The lowest BCUT2D eigenvalue weighted by molar-refractivity contribution is -0.139. The number of Topliss-reactive ketones (excluding diaryl/α,β-unsaturated/α-hetero) is 1. The monoisotopic (exact) mass is 235 g/mol. The molecule has 0 spiro atoms. The molecular formula is C12H13NO2S. The van der Waals surface area contributed by atoms with Crippen LogP contribution in [0.3, 0.4) is 0 Å². The molecule has 1 heterocycles. The van der Waals surface area contributed by atoms with Crippen molar-refractivity contribution in [2.24, 2.45) is 0 Å². The number of piperidine rings is 1. The second kappa shape index (κ2) is 5.16. The van der Waals surface area contributed by atoms with E-state index in [1.165, 1.54) is 5.56 Å². The molecule has 3 nitrogen and oxygen atoms in total. The highest BCUT2D eigenvalue weighted by Gasteiger charge is 2.25. The van der Waals surface area contributed by atoms with Crippen LogP contribution in [0.5, 0.6) is 0 Å². The molecule has 0 bridgehead atoms. The van der Waals surface area contributed by atoms with Crippen molar-refractivity contribution in [3.05, 3.63) is 35.9 Å². The lowest BCUT2D eigenvalue weighted by atomic mass is 10.1.